The van der Waals surface area contributed by atoms with Crippen LogP contribution in [-0.4, -0.2) is 41.5 Å². The monoisotopic (exact) mass is 458 g/mol. The number of aliphatic imine (C=N–C) groups is 1. The number of pyridine rings is 1. The van der Waals surface area contributed by atoms with E-state index in [1.54, 1.807) is 6.08 Å². The summed E-state index contributed by atoms with van der Waals surface area (Å²) in [6.07, 6.45) is 0.287. The topological polar surface area (TPSA) is 71.6 Å². The third-order valence-corrected chi connectivity index (χ3v) is 6.08. The van der Waals surface area contributed by atoms with Crippen LogP contribution in [0.2, 0.25) is 0 Å². The van der Waals surface area contributed by atoms with Gasteiger partial charge >= 0.3 is 6.18 Å². The van der Waals surface area contributed by atoms with E-state index in [4.69, 9.17) is 5.73 Å². The first-order valence-corrected chi connectivity index (χ1v) is 10.4. The average Bonchev–Trinajstić information content (AvgIpc) is 2.79. The normalized spacial score (nSPS) is 24.0. The number of aromatic nitrogens is 1. The zero-order valence-corrected chi connectivity index (χ0v) is 17.9. The summed E-state index contributed by atoms with van der Waals surface area (Å²) in [5, 5.41) is 0. The molecule has 0 saturated carbocycles. The van der Waals surface area contributed by atoms with Gasteiger partial charge in [0.1, 0.15) is 11.5 Å². The molecule has 2 aliphatic rings. The van der Waals surface area contributed by atoms with Gasteiger partial charge in [0, 0.05) is 19.3 Å². The standard InChI is InChI=1S/C24H22F4N4O/c1-32-9-7-16-10-20(31-19-4-2-18(25)3-5-19)15(13-29)12-23(16,14-32)22(33)21-11-17(6-8-30-21)24(26,27)28/h2-6,8,10-11,13H,7,9,12,14,29H2,1H3/t23-/m0/s1. The van der Waals surface area contributed by atoms with Gasteiger partial charge in [0.25, 0.3) is 0 Å². The number of carbonyl (C=O) groups excluding carboxylic acids is 1. The lowest BCUT2D eigenvalue weighted by molar-refractivity contribution is -0.137. The molecule has 9 heteroatoms. The fourth-order valence-corrected chi connectivity index (χ4v) is 4.42. The number of nitrogens with two attached hydrogens (primary N) is 1. The molecule has 0 spiro atoms. The number of rotatable bonds is 3. The number of likely N-dealkylation sites (tertiary alicyclic amines) is 1. The summed E-state index contributed by atoms with van der Waals surface area (Å²) in [4.78, 5) is 24.2. The van der Waals surface area contributed by atoms with Gasteiger partial charge in [-0.25, -0.2) is 9.38 Å². The van der Waals surface area contributed by atoms with E-state index < -0.39 is 22.9 Å². The lowest BCUT2D eigenvalue weighted by Crippen LogP contribution is -2.50. The second kappa shape index (κ2) is 8.55. The molecule has 0 bridgehead atoms. The van der Waals surface area contributed by atoms with Crippen LogP contribution in [0.25, 0.3) is 0 Å². The van der Waals surface area contributed by atoms with E-state index in [1.165, 1.54) is 30.5 Å². The molecule has 0 unspecified atom stereocenters. The SMILES string of the molecule is CN1CCC2=CC(=Nc3ccc(F)cc3)C(=CN)C[C@]2(C(=O)c2cc(C(F)(F)F)ccn2)C1. The molecule has 2 aromatic rings. The van der Waals surface area contributed by atoms with Crippen LogP contribution in [0.1, 0.15) is 28.9 Å². The zero-order chi connectivity index (χ0) is 23.8. The molecule has 5 nitrogen and oxygen atoms in total. The molecule has 172 valence electrons. The highest BCUT2D eigenvalue weighted by molar-refractivity contribution is 6.14. The Morgan fingerprint density at radius 1 is 1.24 bits per heavy atom. The maximum Gasteiger partial charge on any atom is 0.416 e. The van der Waals surface area contributed by atoms with Crippen LogP contribution < -0.4 is 5.73 Å². The van der Waals surface area contributed by atoms with Crippen LogP contribution in [0.5, 0.6) is 0 Å². The molecule has 1 atom stereocenters. The number of allylic oxidation sites excluding steroid dienone is 2. The fourth-order valence-electron chi connectivity index (χ4n) is 4.42. The number of benzene rings is 1. The number of piperidine rings is 1. The molecule has 2 N–H and O–H groups in total. The summed E-state index contributed by atoms with van der Waals surface area (Å²) < 4.78 is 53.0. The molecule has 2 heterocycles. The van der Waals surface area contributed by atoms with Crippen molar-refractivity contribution in [1.29, 1.82) is 0 Å². The minimum atomic E-state index is -4.58. The van der Waals surface area contributed by atoms with E-state index in [2.05, 4.69) is 9.98 Å². The minimum Gasteiger partial charge on any atom is -0.404 e. The van der Waals surface area contributed by atoms with Crippen LogP contribution in [-0.2, 0) is 6.18 Å². The van der Waals surface area contributed by atoms with Crippen LogP contribution in [0, 0.1) is 11.2 Å². The first kappa shape index (κ1) is 22.8. The zero-order valence-electron chi connectivity index (χ0n) is 17.9. The van der Waals surface area contributed by atoms with E-state index in [0.29, 0.717) is 36.5 Å². The minimum absolute atomic E-state index is 0.177. The second-order valence-electron chi connectivity index (χ2n) is 8.34. The van der Waals surface area contributed by atoms with Crippen molar-refractivity contribution in [3.63, 3.8) is 0 Å². The van der Waals surface area contributed by atoms with E-state index in [1.807, 2.05) is 11.9 Å². The molecular weight excluding hydrogens is 436 g/mol. The van der Waals surface area contributed by atoms with Gasteiger partial charge in [-0.3, -0.25) is 9.78 Å². The summed E-state index contributed by atoms with van der Waals surface area (Å²) in [6, 6.07) is 7.30. The van der Waals surface area contributed by atoms with Crippen molar-refractivity contribution >= 4 is 17.2 Å². The number of Topliss-reactive ketones (excluding diaryl/α,β-unsaturated/α-hetero) is 1. The molecule has 1 aliphatic carbocycles. The molecule has 0 amide bonds. The highest BCUT2D eigenvalue weighted by Crippen LogP contribution is 2.46. The van der Waals surface area contributed by atoms with Crippen LogP contribution >= 0.6 is 0 Å². The third-order valence-electron chi connectivity index (χ3n) is 6.08. The van der Waals surface area contributed by atoms with Gasteiger partial charge in [0.15, 0.2) is 5.78 Å². The lowest BCUT2D eigenvalue weighted by atomic mass is 9.64. The molecule has 33 heavy (non-hydrogen) atoms. The number of hydrogen-bond acceptors (Lipinski definition) is 5. The highest BCUT2D eigenvalue weighted by Gasteiger charge is 2.49. The van der Waals surface area contributed by atoms with Crippen LogP contribution in [0.4, 0.5) is 23.2 Å². The van der Waals surface area contributed by atoms with Crippen LogP contribution in [0.3, 0.4) is 0 Å². The predicted octanol–water partition coefficient (Wildman–Crippen LogP) is 4.69. The highest BCUT2D eigenvalue weighted by atomic mass is 19.4. The molecule has 1 aromatic heterocycles. The van der Waals surface area contributed by atoms with Gasteiger partial charge in [-0.2, -0.15) is 13.2 Å². The molecule has 4 rings (SSSR count). The van der Waals surface area contributed by atoms with Gasteiger partial charge in [0.2, 0.25) is 0 Å². The number of nitrogens with zero attached hydrogens (tertiary/aromatic N) is 3. The number of halogens is 4. The van der Waals surface area contributed by atoms with Crippen molar-refractivity contribution < 1.29 is 22.4 Å². The van der Waals surface area contributed by atoms with Crippen molar-refractivity contribution in [2.24, 2.45) is 16.1 Å². The van der Waals surface area contributed by atoms with E-state index >= 15 is 0 Å². The Hall–Kier alpha value is -3.33. The lowest BCUT2D eigenvalue weighted by Gasteiger charge is -2.45. The van der Waals surface area contributed by atoms with Crippen molar-refractivity contribution in [1.82, 2.24) is 9.88 Å². The first-order chi connectivity index (χ1) is 15.6. The van der Waals surface area contributed by atoms with Gasteiger partial charge < -0.3 is 10.6 Å². The van der Waals surface area contributed by atoms with E-state index in [-0.39, 0.29) is 17.9 Å². The molecule has 0 radical (unpaired) electrons. The Kier molecular flexibility index (Phi) is 5.92. The van der Waals surface area contributed by atoms with E-state index in [0.717, 1.165) is 23.9 Å². The summed E-state index contributed by atoms with van der Waals surface area (Å²) >= 11 is 0. The molecule has 1 aromatic carbocycles. The molecular formula is C24H22F4N4O. The maximum atomic E-state index is 13.7. The fraction of sp³-hybridized carbons (Fsp3) is 0.292. The summed E-state index contributed by atoms with van der Waals surface area (Å²) in [5.41, 5.74) is 6.05. The van der Waals surface area contributed by atoms with Gasteiger partial charge in [-0.05, 0) is 74.1 Å². The van der Waals surface area contributed by atoms with Crippen LogP contribution in [0.15, 0.2) is 71.0 Å². The number of alkyl halides is 3. The maximum absolute atomic E-state index is 13.7. The Bertz CT molecular complexity index is 1170. The summed E-state index contributed by atoms with van der Waals surface area (Å²) in [7, 11) is 1.86. The van der Waals surface area contributed by atoms with E-state index in [9.17, 15) is 22.4 Å². The number of hydrogen-bond donors (Lipinski definition) is 1. The smallest absolute Gasteiger partial charge is 0.404 e. The molecule has 1 fully saturated rings. The Labute approximate surface area is 188 Å². The summed E-state index contributed by atoms with van der Waals surface area (Å²) in [6.45, 7) is 0.999. The largest absolute Gasteiger partial charge is 0.416 e. The number of ketones is 1. The predicted molar refractivity (Wildman–Crippen MR) is 117 cm³/mol. The average molecular weight is 458 g/mol. The Morgan fingerprint density at radius 3 is 2.64 bits per heavy atom. The van der Waals surface area contributed by atoms with Gasteiger partial charge in [-0.15, -0.1) is 0 Å². The number of fused-ring (bicyclic) bond motifs is 1. The van der Waals surface area contributed by atoms with Crippen molar-refractivity contribution in [3.8, 4) is 0 Å². The molecule has 1 saturated heterocycles. The van der Waals surface area contributed by atoms with Gasteiger partial charge in [0.05, 0.1) is 22.4 Å². The van der Waals surface area contributed by atoms with Gasteiger partial charge in [-0.1, -0.05) is 5.57 Å². The van der Waals surface area contributed by atoms with Crippen molar-refractivity contribution in [3.05, 3.63) is 83.1 Å². The quantitative estimate of drug-likeness (QED) is 0.535. The Balaban J connectivity index is 1.80. The third kappa shape index (κ3) is 4.45. The van der Waals surface area contributed by atoms with Crippen molar-refractivity contribution in [2.45, 2.75) is 19.0 Å². The molecule has 1 aliphatic heterocycles. The second-order valence-corrected chi connectivity index (χ2v) is 8.34. The van der Waals surface area contributed by atoms with Crippen molar-refractivity contribution in [2.75, 3.05) is 20.1 Å². The number of carbonyl (C=O) groups is 1. The first-order valence-electron chi connectivity index (χ1n) is 10.4. The summed E-state index contributed by atoms with van der Waals surface area (Å²) in [5.74, 6) is -0.865. The Morgan fingerprint density at radius 2 is 1.97 bits per heavy atom.